The van der Waals surface area contributed by atoms with Crippen molar-refractivity contribution >= 4 is 51.0 Å². The molecule has 0 spiro atoms. The Morgan fingerprint density at radius 2 is 1.64 bits per heavy atom. The number of halogens is 7. The van der Waals surface area contributed by atoms with Crippen molar-refractivity contribution < 1.29 is 31.1 Å². The third-order valence-corrected chi connectivity index (χ3v) is 6.11. The molecule has 0 atom stereocenters. The maximum atomic E-state index is 14.1. The van der Waals surface area contributed by atoms with Gasteiger partial charge in [0.2, 0.25) is 0 Å². The zero-order valence-electron chi connectivity index (χ0n) is 16.3. The number of aromatic nitrogens is 2. The van der Waals surface area contributed by atoms with Gasteiger partial charge in [-0.15, -0.1) is 11.8 Å². The van der Waals surface area contributed by atoms with Crippen LogP contribution in [0, 0.1) is 0 Å². The standard InChI is InChI=1S/C22H11ClF6N2OS/c23-12-3-5-13(6-4-12)33-10-11-9-31-18-14-2-1-7-30-19(14)16(20(32)22(27,28)29)8-15(18)17(11)21(24,25)26/h1-9H,10H2. The van der Waals surface area contributed by atoms with E-state index >= 15 is 0 Å². The monoisotopic (exact) mass is 500 g/mol. The van der Waals surface area contributed by atoms with Gasteiger partial charge in [0.1, 0.15) is 0 Å². The largest absolute Gasteiger partial charge is 0.454 e. The van der Waals surface area contributed by atoms with Crippen LogP contribution in [-0.4, -0.2) is 21.9 Å². The molecule has 0 amide bonds. The maximum Gasteiger partial charge on any atom is 0.454 e. The van der Waals surface area contributed by atoms with Gasteiger partial charge in [0, 0.05) is 38.8 Å². The third kappa shape index (κ3) is 4.63. The van der Waals surface area contributed by atoms with Gasteiger partial charge in [-0.3, -0.25) is 14.8 Å². The summed E-state index contributed by atoms with van der Waals surface area (Å²) in [7, 11) is 0. The number of pyridine rings is 2. The topological polar surface area (TPSA) is 42.9 Å². The lowest BCUT2D eigenvalue weighted by Crippen LogP contribution is -2.23. The molecule has 0 N–H and O–H groups in total. The fraction of sp³-hybridized carbons (Fsp3) is 0.136. The van der Waals surface area contributed by atoms with Gasteiger partial charge in [-0.1, -0.05) is 11.6 Å². The van der Waals surface area contributed by atoms with Crippen molar-refractivity contribution in [1.82, 2.24) is 9.97 Å². The summed E-state index contributed by atoms with van der Waals surface area (Å²) in [5, 5.41) is -0.208. The number of alkyl halides is 6. The molecule has 4 rings (SSSR count). The predicted octanol–water partition coefficient (Wildman–Crippen LogP) is 7.49. The van der Waals surface area contributed by atoms with Crippen molar-refractivity contribution in [2.24, 2.45) is 0 Å². The molecule has 0 aliphatic rings. The van der Waals surface area contributed by atoms with E-state index in [1.54, 1.807) is 24.3 Å². The number of hydrogen-bond acceptors (Lipinski definition) is 4. The van der Waals surface area contributed by atoms with Crippen LogP contribution >= 0.6 is 23.4 Å². The van der Waals surface area contributed by atoms with Crippen LogP contribution in [0.15, 0.2) is 59.8 Å². The minimum absolute atomic E-state index is 0.0787. The summed E-state index contributed by atoms with van der Waals surface area (Å²) in [6.45, 7) is 0. The van der Waals surface area contributed by atoms with Gasteiger partial charge in [0.25, 0.3) is 5.78 Å². The van der Waals surface area contributed by atoms with E-state index in [-0.39, 0.29) is 27.7 Å². The Kier molecular flexibility index (Phi) is 6.00. The Labute approximate surface area is 191 Å². The molecular weight excluding hydrogens is 490 g/mol. The van der Waals surface area contributed by atoms with Crippen LogP contribution < -0.4 is 0 Å². The average molecular weight is 501 g/mol. The van der Waals surface area contributed by atoms with Gasteiger partial charge >= 0.3 is 12.4 Å². The molecule has 0 saturated carbocycles. The highest BCUT2D eigenvalue weighted by atomic mass is 35.5. The van der Waals surface area contributed by atoms with E-state index in [0.717, 1.165) is 24.2 Å². The highest BCUT2D eigenvalue weighted by Gasteiger charge is 2.42. The Bertz CT molecular complexity index is 1370. The zero-order valence-corrected chi connectivity index (χ0v) is 17.8. The van der Waals surface area contributed by atoms with Crippen LogP contribution in [0.25, 0.3) is 21.8 Å². The van der Waals surface area contributed by atoms with E-state index in [2.05, 4.69) is 9.97 Å². The fourth-order valence-electron chi connectivity index (χ4n) is 3.41. The molecule has 0 aliphatic carbocycles. The number of rotatable bonds is 4. The summed E-state index contributed by atoms with van der Waals surface area (Å²) in [6, 6.07) is 9.66. The predicted molar refractivity (Wildman–Crippen MR) is 113 cm³/mol. The van der Waals surface area contributed by atoms with E-state index in [9.17, 15) is 31.1 Å². The SMILES string of the molecule is O=C(c1cc2c(C(F)(F)F)c(CSc3ccc(Cl)cc3)cnc2c2cccnc12)C(F)(F)F. The van der Waals surface area contributed by atoms with Crippen LogP contribution in [0.2, 0.25) is 5.02 Å². The average Bonchev–Trinajstić information content (AvgIpc) is 2.75. The smallest absolute Gasteiger partial charge is 0.284 e. The normalized spacial score (nSPS) is 12.5. The number of nitrogens with zero attached hydrogens (tertiary/aromatic N) is 2. The number of carbonyl (C=O) groups is 1. The first kappa shape index (κ1) is 23.3. The molecule has 33 heavy (non-hydrogen) atoms. The minimum Gasteiger partial charge on any atom is -0.284 e. The number of thioether (sulfide) groups is 1. The van der Waals surface area contributed by atoms with Crippen molar-refractivity contribution in [2.75, 3.05) is 0 Å². The molecule has 0 unspecified atom stereocenters. The highest BCUT2D eigenvalue weighted by Crippen LogP contribution is 2.41. The first-order valence-electron chi connectivity index (χ1n) is 9.23. The molecule has 4 aromatic rings. The van der Waals surface area contributed by atoms with Gasteiger partial charge in [0.15, 0.2) is 0 Å². The van der Waals surface area contributed by atoms with Crippen LogP contribution in [0.3, 0.4) is 0 Å². The maximum absolute atomic E-state index is 14.1. The molecule has 170 valence electrons. The summed E-state index contributed by atoms with van der Waals surface area (Å²) in [5.41, 5.74) is -2.89. The quantitative estimate of drug-likeness (QED) is 0.126. The van der Waals surface area contributed by atoms with Gasteiger partial charge < -0.3 is 0 Å². The highest BCUT2D eigenvalue weighted by molar-refractivity contribution is 7.98. The first-order chi connectivity index (χ1) is 15.5. The number of hydrogen-bond donors (Lipinski definition) is 0. The van der Waals surface area contributed by atoms with Gasteiger partial charge in [-0.25, -0.2) is 0 Å². The van der Waals surface area contributed by atoms with E-state index in [1.165, 1.54) is 12.1 Å². The summed E-state index contributed by atoms with van der Waals surface area (Å²) >= 11 is 6.90. The molecule has 0 radical (unpaired) electrons. The third-order valence-electron chi connectivity index (χ3n) is 4.80. The number of Topliss-reactive ketones (excluding diaryl/α,β-unsaturated/α-hetero) is 1. The van der Waals surface area contributed by atoms with E-state index < -0.39 is 34.6 Å². The molecule has 3 nitrogen and oxygen atoms in total. The molecule has 0 saturated heterocycles. The van der Waals surface area contributed by atoms with Gasteiger partial charge in [-0.2, -0.15) is 26.3 Å². The number of fused-ring (bicyclic) bond motifs is 3. The number of ketones is 1. The molecule has 0 bridgehead atoms. The summed E-state index contributed by atoms with van der Waals surface area (Å²) in [6.07, 6.45) is -7.99. The number of carbonyl (C=O) groups excluding carboxylic acids is 1. The molecule has 2 aromatic carbocycles. The summed E-state index contributed by atoms with van der Waals surface area (Å²) < 4.78 is 82.0. The number of benzene rings is 2. The zero-order chi connectivity index (χ0) is 24.0. The van der Waals surface area contributed by atoms with Crippen molar-refractivity contribution in [3.63, 3.8) is 0 Å². The second-order valence-corrected chi connectivity index (χ2v) is 8.43. The molecule has 11 heteroatoms. The molecule has 2 heterocycles. The van der Waals surface area contributed by atoms with Gasteiger partial charge in [-0.05, 0) is 48.0 Å². The molecular formula is C22H11ClF6N2OS. The van der Waals surface area contributed by atoms with Crippen molar-refractivity contribution in [1.29, 1.82) is 0 Å². The minimum atomic E-state index is -5.29. The van der Waals surface area contributed by atoms with Crippen LogP contribution in [0.5, 0.6) is 0 Å². The van der Waals surface area contributed by atoms with E-state index in [0.29, 0.717) is 16.0 Å². The second-order valence-electron chi connectivity index (χ2n) is 6.95. The lowest BCUT2D eigenvalue weighted by atomic mass is 9.96. The van der Waals surface area contributed by atoms with Crippen molar-refractivity contribution in [3.8, 4) is 0 Å². The van der Waals surface area contributed by atoms with E-state index in [1.807, 2.05) is 0 Å². The Hall–Kier alpha value is -2.85. The van der Waals surface area contributed by atoms with Crippen LogP contribution in [0.1, 0.15) is 21.5 Å². The summed E-state index contributed by atoms with van der Waals surface area (Å²) in [4.78, 5) is 20.6. The Morgan fingerprint density at radius 3 is 2.27 bits per heavy atom. The summed E-state index contributed by atoms with van der Waals surface area (Å²) in [5.74, 6) is -2.44. The first-order valence-corrected chi connectivity index (χ1v) is 10.6. The fourth-order valence-corrected chi connectivity index (χ4v) is 4.40. The lowest BCUT2D eigenvalue weighted by Gasteiger charge is -2.17. The Balaban J connectivity index is 1.95. The van der Waals surface area contributed by atoms with Crippen LogP contribution in [0.4, 0.5) is 26.3 Å². The van der Waals surface area contributed by atoms with Crippen molar-refractivity contribution in [3.05, 3.63) is 76.6 Å². The van der Waals surface area contributed by atoms with E-state index in [4.69, 9.17) is 11.6 Å². The van der Waals surface area contributed by atoms with Crippen molar-refractivity contribution in [2.45, 2.75) is 23.0 Å². The molecule has 2 aromatic heterocycles. The Morgan fingerprint density at radius 1 is 0.939 bits per heavy atom. The second kappa shape index (κ2) is 8.49. The molecule has 0 aliphatic heterocycles. The van der Waals surface area contributed by atoms with Gasteiger partial charge in [0.05, 0.1) is 22.2 Å². The lowest BCUT2D eigenvalue weighted by molar-refractivity contribution is -0.136. The van der Waals surface area contributed by atoms with Crippen LogP contribution in [-0.2, 0) is 11.9 Å². The molecule has 0 fully saturated rings.